The van der Waals surface area contributed by atoms with Gasteiger partial charge in [0.25, 0.3) is 6.43 Å². The molecule has 0 aliphatic carbocycles. The lowest BCUT2D eigenvalue weighted by Crippen LogP contribution is -2.51. The van der Waals surface area contributed by atoms with Gasteiger partial charge in [-0.2, -0.15) is 15.2 Å². The Labute approximate surface area is 264 Å². The number of fused-ring (bicyclic) bond motifs is 5. The van der Waals surface area contributed by atoms with Crippen molar-refractivity contribution in [1.29, 1.82) is 5.26 Å². The maximum absolute atomic E-state index is 17.0. The highest BCUT2D eigenvalue weighted by molar-refractivity contribution is 7.23. The summed E-state index contributed by atoms with van der Waals surface area (Å²) in [5.74, 6) is -1.48. The number of thiophene rings is 1. The first-order valence-electron chi connectivity index (χ1n) is 15.4. The molecular weight excluding hydrogens is 625 g/mol. The summed E-state index contributed by atoms with van der Waals surface area (Å²) in [4.78, 5) is 13.2. The summed E-state index contributed by atoms with van der Waals surface area (Å²) in [6, 6.07) is 5.56. The largest absolute Gasteiger partial charge is 0.461 e. The van der Waals surface area contributed by atoms with Gasteiger partial charge in [-0.05, 0) is 49.9 Å². The lowest BCUT2D eigenvalue weighted by atomic mass is 9.93. The number of nitrogens with zero attached hydrogens (tertiary/aromatic N) is 5. The number of halogens is 5. The molecule has 14 heteroatoms. The molecule has 4 atom stereocenters. The van der Waals surface area contributed by atoms with E-state index in [-0.39, 0.29) is 67.6 Å². The SMILES string of the molecule is N#Cc1c(N)sc2c(F)ccc(-c3c(C(F)F)cc4c(N5C[C@H]6CC[C@@H](C5)N6)nc(OC[C@@]56CCCN5C[C@H](F)C6)nc4c3F)c12. The first-order valence-corrected chi connectivity index (χ1v) is 16.2. The van der Waals surface area contributed by atoms with Gasteiger partial charge in [0.15, 0.2) is 5.82 Å². The van der Waals surface area contributed by atoms with E-state index >= 15 is 4.39 Å². The summed E-state index contributed by atoms with van der Waals surface area (Å²) in [7, 11) is 0. The molecule has 0 unspecified atom stereocenters. The third-order valence-corrected chi connectivity index (χ3v) is 11.1. The van der Waals surface area contributed by atoms with E-state index in [2.05, 4.69) is 20.2 Å². The molecule has 240 valence electrons. The van der Waals surface area contributed by atoms with Crippen molar-refractivity contribution in [3.05, 3.63) is 41.0 Å². The zero-order chi connectivity index (χ0) is 31.9. The van der Waals surface area contributed by atoms with Gasteiger partial charge >= 0.3 is 6.01 Å². The molecule has 2 aromatic carbocycles. The van der Waals surface area contributed by atoms with E-state index in [1.54, 1.807) is 0 Å². The van der Waals surface area contributed by atoms with Gasteiger partial charge in [-0.15, -0.1) is 11.3 Å². The lowest BCUT2D eigenvalue weighted by molar-refractivity contribution is 0.107. The number of hydrogen-bond donors (Lipinski definition) is 2. The molecule has 0 saturated carbocycles. The number of aromatic nitrogens is 2. The molecule has 8 rings (SSSR count). The van der Waals surface area contributed by atoms with Gasteiger partial charge in [-0.3, -0.25) is 4.90 Å². The Hall–Kier alpha value is -3.80. The van der Waals surface area contributed by atoms with Crippen molar-refractivity contribution >= 4 is 43.1 Å². The number of alkyl halides is 3. The molecule has 2 bridgehead atoms. The molecular formula is C32H30F5N7OS. The second-order valence-corrected chi connectivity index (χ2v) is 13.9. The van der Waals surface area contributed by atoms with Gasteiger partial charge in [0.1, 0.15) is 41.0 Å². The Morgan fingerprint density at radius 2 is 1.96 bits per heavy atom. The van der Waals surface area contributed by atoms with Crippen molar-refractivity contribution in [3.8, 4) is 23.2 Å². The quantitative estimate of drug-likeness (QED) is 0.241. The summed E-state index contributed by atoms with van der Waals surface area (Å²) >= 11 is 0.800. The van der Waals surface area contributed by atoms with Crippen molar-refractivity contribution < 1.29 is 26.7 Å². The fraction of sp³-hybridized carbons (Fsp3) is 0.469. The number of nitriles is 1. The van der Waals surface area contributed by atoms with Gasteiger partial charge in [0.05, 0.1) is 15.8 Å². The fourth-order valence-corrected chi connectivity index (χ4v) is 9.04. The second kappa shape index (κ2) is 10.9. The van der Waals surface area contributed by atoms with E-state index < -0.39 is 40.9 Å². The normalized spacial score (nSPS) is 26.0. The molecule has 6 heterocycles. The van der Waals surface area contributed by atoms with E-state index in [1.807, 2.05) is 11.0 Å². The van der Waals surface area contributed by atoms with Crippen LogP contribution in [0.25, 0.3) is 32.1 Å². The van der Waals surface area contributed by atoms with E-state index in [4.69, 9.17) is 10.5 Å². The van der Waals surface area contributed by atoms with Crippen LogP contribution in [0.5, 0.6) is 6.01 Å². The number of nitrogens with one attached hydrogen (secondary N) is 1. The van der Waals surface area contributed by atoms with E-state index in [1.165, 1.54) is 12.1 Å². The van der Waals surface area contributed by atoms with Crippen LogP contribution in [0.4, 0.5) is 32.8 Å². The molecule has 46 heavy (non-hydrogen) atoms. The smallest absolute Gasteiger partial charge is 0.319 e. The van der Waals surface area contributed by atoms with Crippen LogP contribution >= 0.6 is 11.3 Å². The molecule has 4 aliphatic rings. The maximum Gasteiger partial charge on any atom is 0.319 e. The standard InChI is InChI=1S/C32H30F5N7OS/c33-15-9-32(6-1-7-44(32)11-15)14-45-31-41-26-20(30(42-31)43-12-16-2-3-17(13-43)40-16)8-19(28(36)37)23(25(26)35)18-4-5-22(34)27-24(18)21(10-38)29(39)46-27/h4-5,8,15-17,28,40H,1-3,6-7,9,11-14,39H2/t15-,16-,17+,32+/m1/s1. The molecule has 4 fully saturated rings. The van der Waals surface area contributed by atoms with Crippen molar-refractivity contribution in [2.45, 2.75) is 62.3 Å². The molecule has 8 nitrogen and oxygen atoms in total. The van der Waals surface area contributed by atoms with E-state index in [9.17, 15) is 22.8 Å². The Morgan fingerprint density at radius 1 is 1.17 bits per heavy atom. The zero-order valence-electron chi connectivity index (χ0n) is 24.6. The van der Waals surface area contributed by atoms with Crippen molar-refractivity contribution in [1.82, 2.24) is 20.2 Å². The van der Waals surface area contributed by atoms with Crippen LogP contribution in [-0.2, 0) is 0 Å². The van der Waals surface area contributed by atoms with Crippen LogP contribution in [0.15, 0.2) is 18.2 Å². The van der Waals surface area contributed by atoms with Gasteiger partial charge in [-0.1, -0.05) is 6.07 Å². The van der Waals surface area contributed by atoms with E-state index in [0.717, 1.165) is 49.6 Å². The lowest BCUT2D eigenvalue weighted by Gasteiger charge is -2.35. The van der Waals surface area contributed by atoms with Gasteiger partial charge < -0.3 is 20.7 Å². The third-order valence-electron chi connectivity index (χ3n) is 10.1. The summed E-state index contributed by atoms with van der Waals surface area (Å²) < 4.78 is 82.2. The van der Waals surface area contributed by atoms with Gasteiger partial charge in [0.2, 0.25) is 0 Å². The summed E-state index contributed by atoms with van der Waals surface area (Å²) in [6.45, 7) is 2.27. The van der Waals surface area contributed by atoms with Crippen LogP contribution in [0.2, 0.25) is 0 Å². The predicted octanol–water partition coefficient (Wildman–Crippen LogP) is 6.08. The number of nitrogens with two attached hydrogens (primary N) is 1. The molecule has 4 saturated heterocycles. The Morgan fingerprint density at radius 3 is 2.70 bits per heavy atom. The minimum Gasteiger partial charge on any atom is -0.461 e. The van der Waals surface area contributed by atoms with Crippen LogP contribution in [0.1, 0.15) is 49.7 Å². The van der Waals surface area contributed by atoms with Crippen LogP contribution < -0.4 is 20.7 Å². The zero-order valence-corrected chi connectivity index (χ0v) is 25.4. The number of hydrogen-bond acceptors (Lipinski definition) is 9. The number of nitrogen functional groups attached to an aromatic ring is 1. The average Bonchev–Trinajstić information content (AvgIpc) is 3.76. The van der Waals surface area contributed by atoms with Crippen LogP contribution in [0, 0.1) is 23.0 Å². The van der Waals surface area contributed by atoms with Crippen molar-refractivity contribution in [2.24, 2.45) is 0 Å². The van der Waals surface area contributed by atoms with Crippen LogP contribution in [-0.4, -0.2) is 71.4 Å². The molecule has 0 amide bonds. The van der Waals surface area contributed by atoms with Crippen LogP contribution in [0.3, 0.4) is 0 Å². The molecule has 2 aromatic heterocycles. The highest BCUT2D eigenvalue weighted by Gasteiger charge is 2.49. The van der Waals surface area contributed by atoms with E-state index in [0.29, 0.717) is 26.1 Å². The average molecular weight is 656 g/mol. The number of ether oxygens (including phenoxy) is 1. The fourth-order valence-electron chi connectivity index (χ4n) is 8.09. The van der Waals surface area contributed by atoms with Crippen molar-refractivity contribution in [2.75, 3.05) is 43.4 Å². The topological polar surface area (TPSA) is 103 Å². The maximum atomic E-state index is 17.0. The molecule has 0 spiro atoms. The van der Waals surface area contributed by atoms with Gasteiger partial charge in [0, 0.05) is 60.0 Å². The first kappa shape index (κ1) is 29.6. The summed E-state index contributed by atoms with van der Waals surface area (Å²) in [5.41, 5.74) is 3.93. The molecule has 0 radical (unpaired) electrons. The molecule has 4 aromatic rings. The number of piperazine rings is 1. The third kappa shape index (κ3) is 4.57. The Bertz CT molecular complexity index is 1920. The highest BCUT2D eigenvalue weighted by Crippen LogP contribution is 2.47. The minimum absolute atomic E-state index is 0.0000394. The highest BCUT2D eigenvalue weighted by atomic mass is 32.1. The molecule has 4 aliphatic heterocycles. The minimum atomic E-state index is -3.12. The first-order chi connectivity index (χ1) is 22.2. The Kier molecular flexibility index (Phi) is 7.00. The van der Waals surface area contributed by atoms with Crippen molar-refractivity contribution in [3.63, 3.8) is 0 Å². The Balaban J connectivity index is 1.32. The summed E-state index contributed by atoms with van der Waals surface area (Å²) in [6.07, 6.45) is -0.236. The monoisotopic (exact) mass is 655 g/mol. The number of anilines is 2. The number of rotatable bonds is 6. The second-order valence-electron chi connectivity index (χ2n) is 12.8. The summed E-state index contributed by atoms with van der Waals surface area (Å²) in [5, 5.41) is 13.4. The van der Waals surface area contributed by atoms with Gasteiger partial charge in [-0.25, -0.2) is 22.0 Å². The molecule has 3 N–H and O–H groups in total. The predicted molar refractivity (Wildman–Crippen MR) is 165 cm³/mol. The number of benzene rings is 2.